The summed E-state index contributed by atoms with van der Waals surface area (Å²) in [5, 5.41) is 16.9. The zero-order valence-electron chi connectivity index (χ0n) is 15.1. The predicted molar refractivity (Wildman–Crippen MR) is 106 cm³/mol. The molecule has 5 nitrogen and oxygen atoms in total. The SMILES string of the molecule is CCCNC(=O)/C(C#N)=C/c1cn(-c2ccccc2)nc1-c1ccccc1. The molecule has 3 aromatic rings. The first-order valence-corrected chi connectivity index (χ1v) is 8.83. The molecule has 2 aromatic carbocycles. The van der Waals surface area contributed by atoms with Gasteiger partial charge in [-0.1, -0.05) is 55.5 Å². The van der Waals surface area contributed by atoms with E-state index >= 15 is 0 Å². The third-order valence-electron chi connectivity index (χ3n) is 4.01. The van der Waals surface area contributed by atoms with Gasteiger partial charge in [-0.15, -0.1) is 0 Å². The summed E-state index contributed by atoms with van der Waals surface area (Å²) in [5.74, 6) is -0.370. The van der Waals surface area contributed by atoms with Crippen molar-refractivity contribution in [3.63, 3.8) is 0 Å². The molecule has 1 heterocycles. The van der Waals surface area contributed by atoms with Crippen LogP contribution < -0.4 is 5.32 Å². The molecule has 27 heavy (non-hydrogen) atoms. The first kappa shape index (κ1) is 18.2. The molecular weight excluding hydrogens is 336 g/mol. The molecule has 0 saturated carbocycles. The van der Waals surface area contributed by atoms with E-state index in [9.17, 15) is 10.1 Å². The van der Waals surface area contributed by atoms with Crippen LogP contribution in [-0.2, 0) is 4.79 Å². The fourth-order valence-corrected chi connectivity index (χ4v) is 2.66. The summed E-state index contributed by atoms with van der Waals surface area (Å²) in [7, 11) is 0. The highest BCUT2D eigenvalue weighted by Gasteiger charge is 2.14. The predicted octanol–water partition coefficient (Wildman–Crippen LogP) is 3.97. The van der Waals surface area contributed by atoms with Crippen LogP contribution in [-0.4, -0.2) is 22.2 Å². The number of nitriles is 1. The molecule has 1 amide bonds. The minimum absolute atomic E-state index is 0.0632. The Bertz CT molecular complexity index is 982. The van der Waals surface area contributed by atoms with E-state index in [0.29, 0.717) is 12.1 Å². The van der Waals surface area contributed by atoms with E-state index in [0.717, 1.165) is 23.4 Å². The molecule has 1 aromatic heterocycles. The second-order valence-electron chi connectivity index (χ2n) is 6.00. The van der Waals surface area contributed by atoms with Gasteiger partial charge in [-0.05, 0) is 24.6 Å². The van der Waals surface area contributed by atoms with Gasteiger partial charge in [0.1, 0.15) is 11.6 Å². The Morgan fingerprint density at radius 2 is 1.81 bits per heavy atom. The number of rotatable bonds is 6. The molecule has 5 heteroatoms. The van der Waals surface area contributed by atoms with Crippen molar-refractivity contribution in [3.05, 3.63) is 78.0 Å². The van der Waals surface area contributed by atoms with E-state index < -0.39 is 0 Å². The molecule has 1 N–H and O–H groups in total. The average molecular weight is 356 g/mol. The lowest BCUT2D eigenvalue weighted by Gasteiger charge is -2.02. The van der Waals surface area contributed by atoms with Gasteiger partial charge in [0.05, 0.1) is 11.4 Å². The van der Waals surface area contributed by atoms with E-state index in [1.165, 1.54) is 0 Å². The monoisotopic (exact) mass is 356 g/mol. The number of nitrogens with one attached hydrogen (secondary N) is 1. The maximum Gasteiger partial charge on any atom is 0.261 e. The van der Waals surface area contributed by atoms with Crippen LogP contribution in [0.15, 0.2) is 72.4 Å². The van der Waals surface area contributed by atoms with Crippen LogP contribution in [0, 0.1) is 11.3 Å². The fraction of sp³-hybridized carbons (Fsp3) is 0.136. The minimum Gasteiger partial charge on any atom is -0.351 e. The number of carbonyl (C=O) groups is 1. The van der Waals surface area contributed by atoms with Crippen molar-refractivity contribution < 1.29 is 4.79 Å². The summed E-state index contributed by atoms with van der Waals surface area (Å²) in [6.45, 7) is 2.50. The standard InChI is InChI=1S/C22H20N4O/c1-2-13-24-22(27)18(15-23)14-19-16-26(20-11-7-4-8-12-20)25-21(19)17-9-5-3-6-10-17/h3-12,14,16H,2,13H2,1H3,(H,24,27)/b18-14+. The molecule has 0 radical (unpaired) electrons. The summed E-state index contributed by atoms with van der Waals surface area (Å²) >= 11 is 0. The van der Waals surface area contributed by atoms with E-state index in [2.05, 4.69) is 5.32 Å². The van der Waals surface area contributed by atoms with Crippen molar-refractivity contribution in [1.82, 2.24) is 15.1 Å². The van der Waals surface area contributed by atoms with E-state index in [-0.39, 0.29) is 11.5 Å². The number of benzene rings is 2. The molecule has 0 fully saturated rings. The summed E-state index contributed by atoms with van der Waals surface area (Å²) in [6.07, 6.45) is 4.24. The number of hydrogen-bond acceptors (Lipinski definition) is 3. The number of carbonyl (C=O) groups excluding carboxylic acids is 1. The summed E-state index contributed by atoms with van der Waals surface area (Å²) in [5.41, 5.74) is 3.32. The van der Waals surface area contributed by atoms with Gasteiger partial charge < -0.3 is 5.32 Å². The zero-order valence-corrected chi connectivity index (χ0v) is 15.1. The highest BCUT2D eigenvalue weighted by Crippen LogP contribution is 2.25. The van der Waals surface area contributed by atoms with E-state index in [4.69, 9.17) is 5.10 Å². The van der Waals surface area contributed by atoms with Gasteiger partial charge in [0.2, 0.25) is 0 Å². The van der Waals surface area contributed by atoms with Gasteiger partial charge in [-0.2, -0.15) is 10.4 Å². The Morgan fingerprint density at radius 1 is 1.15 bits per heavy atom. The largest absolute Gasteiger partial charge is 0.351 e. The Hall–Kier alpha value is -3.65. The van der Waals surface area contributed by atoms with Gasteiger partial charge in [0.25, 0.3) is 5.91 Å². The number of aromatic nitrogens is 2. The Balaban J connectivity index is 2.07. The normalized spacial score (nSPS) is 11.0. The average Bonchev–Trinajstić information content (AvgIpc) is 3.15. The molecule has 0 unspecified atom stereocenters. The van der Waals surface area contributed by atoms with Crippen LogP contribution in [0.1, 0.15) is 18.9 Å². The van der Waals surface area contributed by atoms with Crippen molar-refractivity contribution in [2.24, 2.45) is 0 Å². The zero-order chi connectivity index (χ0) is 19.1. The van der Waals surface area contributed by atoms with Crippen LogP contribution in [0.25, 0.3) is 23.0 Å². The van der Waals surface area contributed by atoms with Crippen LogP contribution in [0.5, 0.6) is 0 Å². The van der Waals surface area contributed by atoms with Gasteiger partial charge >= 0.3 is 0 Å². The second kappa shape index (κ2) is 8.63. The maximum absolute atomic E-state index is 12.2. The minimum atomic E-state index is -0.370. The Labute approximate surface area is 158 Å². The highest BCUT2D eigenvalue weighted by molar-refractivity contribution is 6.02. The topological polar surface area (TPSA) is 70.7 Å². The molecule has 0 aliphatic heterocycles. The molecule has 3 rings (SSSR count). The molecule has 134 valence electrons. The lowest BCUT2D eigenvalue weighted by molar-refractivity contribution is -0.117. The van der Waals surface area contributed by atoms with Crippen molar-refractivity contribution in [3.8, 4) is 23.0 Å². The molecule has 0 aliphatic rings. The van der Waals surface area contributed by atoms with Crippen LogP contribution in [0.4, 0.5) is 0 Å². The van der Waals surface area contributed by atoms with Crippen molar-refractivity contribution in [2.45, 2.75) is 13.3 Å². The summed E-state index contributed by atoms with van der Waals surface area (Å²) < 4.78 is 1.76. The van der Waals surface area contributed by atoms with Gasteiger partial charge in [0, 0.05) is 23.9 Å². The lowest BCUT2D eigenvalue weighted by atomic mass is 10.1. The fourth-order valence-electron chi connectivity index (χ4n) is 2.66. The quantitative estimate of drug-likeness (QED) is 0.536. The van der Waals surface area contributed by atoms with Gasteiger partial charge in [0.15, 0.2) is 0 Å². The van der Waals surface area contributed by atoms with E-state index in [1.807, 2.05) is 79.9 Å². The van der Waals surface area contributed by atoms with Crippen LogP contribution in [0.3, 0.4) is 0 Å². The van der Waals surface area contributed by atoms with Crippen molar-refractivity contribution in [1.29, 1.82) is 5.26 Å². The smallest absolute Gasteiger partial charge is 0.261 e. The first-order chi connectivity index (χ1) is 13.2. The van der Waals surface area contributed by atoms with Crippen molar-refractivity contribution in [2.75, 3.05) is 6.54 Å². The third-order valence-corrected chi connectivity index (χ3v) is 4.01. The maximum atomic E-state index is 12.2. The summed E-state index contributed by atoms with van der Waals surface area (Å²) in [6, 6.07) is 21.4. The van der Waals surface area contributed by atoms with E-state index in [1.54, 1.807) is 10.8 Å². The van der Waals surface area contributed by atoms with Crippen molar-refractivity contribution >= 4 is 12.0 Å². The Morgan fingerprint density at radius 3 is 2.44 bits per heavy atom. The molecule has 0 spiro atoms. The second-order valence-corrected chi connectivity index (χ2v) is 6.00. The first-order valence-electron chi connectivity index (χ1n) is 8.83. The number of nitrogens with zero attached hydrogens (tertiary/aromatic N) is 3. The molecule has 0 atom stereocenters. The third kappa shape index (κ3) is 4.31. The van der Waals surface area contributed by atoms with Crippen LogP contribution in [0.2, 0.25) is 0 Å². The number of hydrogen-bond donors (Lipinski definition) is 1. The molecule has 0 bridgehead atoms. The highest BCUT2D eigenvalue weighted by atomic mass is 16.1. The van der Waals surface area contributed by atoms with Crippen LogP contribution >= 0.6 is 0 Å². The summed E-state index contributed by atoms with van der Waals surface area (Å²) in [4.78, 5) is 12.2. The van der Waals surface area contributed by atoms with Gasteiger partial charge in [-0.3, -0.25) is 4.79 Å². The number of para-hydroxylation sites is 1. The molecule has 0 aliphatic carbocycles. The molecular formula is C22H20N4O. The number of amides is 1. The van der Waals surface area contributed by atoms with Gasteiger partial charge in [-0.25, -0.2) is 4.68 Å². The Kier molecular flexibility index (Phi) is 5.80. The molecule has 0 saturated heterocycles. The lowest BCUT2D eigenvalue weighted by Crippen LogP contribution is -2.25.